The molecule has 158 valence electrons. The number of rotatable bonds is 4. The Bertz CT molecular complexity index is 1210. The Hall–Kier alpha value is -2.56. The minimum Gasteiger partial charge on any atom is -0.497 e. The van der Waals surface area contributed by atoms with E-state index in [1.165, 1.54) is 32.6 Å². The van der Waals surface area contributed by atoms with Gasteiger partial charge in [-0.25, -0.2) is 0 Å². The molecule has 4 aromatic rings. The van der Waals surface area contributed by atoms with Gasteiger partial charge in [0, 0.05) is 32.9 Å². The molecule has 2 N–H and O–H groups in total. The van der Waals surface area contributed by atoms with Crippen LogP contribution in [0.2, 0.25) is 0 Å². The number of piperidine rings is 1. The monoisotopic (exact) mass is 428 g/mol. The standard InChI is InChI=1S/C27H28N2OS/c1-30-19-7-4-6-18(14-19)27-11-12-28-25(15-20-8-5-13-31-20)23(27)16-22-21-9-2-3-10-24(21)29-26(22)17-27/h2-10,13-14,23,25,28-29H,11-12,15-17H2,1H3/t23?,25?,27-/m1/s1. The fourth-order valence-corrected chi connectivity index (χ4v) is 6.94. The number of fused-ring (bicyclic) bond motifs is 4. The molecule has 3 heterocycles. The summed E-state index contributed by atoms with van der Waals surface area (Å²) in [5.41, 5.74) is 5.78. The van der Waals surface area contributed by atoms with Gasteiger partial charge in [-0.2, -0.15) is 0 Å². The predicted molar refractivity (Wildman–Crippen MR) is 128 cm³/mol. The van der Waals surface area contributed by atoms with Gasteiger partial charge in [-0.05, 0) is 78.9 Å². The molecule has 0 spiro atoms. The summed E-state index contributed by atoms with van der Waals surface area (Å²) in [5.74, 6) is 1.50. The first-order chi connectivity index (χ1) is 15.3. The largest absolute Gasteiger partial charge is 0.497 e. The van der Waals surface area contributed by atoms with Gasteiger partial charge in [0.05, 0.1) is 7.11 Å². The fraction of sp³-hybridized carbons (Fsp3) is 0.333. The number of thiophene rings is 1. The van der Waals surface area contributed by atoms with Crippen LogP contribution < -0.4 is 10.1 Å². The maximum atomic E-state index is 5.63. The molecule has 31 heavy (non-hydrogen) atoms. The zero-order valence-electron chi connectivity index (χ0n) is 17.9. The summed E-state index contributed by atoms with van der Waals surface area (Å²) in [4.78, 5) is 5.26. The van der Waals surface area contributed by atoms with Gasteiger partial charge in [0.2, 0.25) is 0 Å². The van der Waals surface area contributed by atoms with E-state index < -0.39 is 0 Å². The van der Waals surface area contributed by atoms with E-state index in [0.29, 0.717) is 12.0 Å². The molecule has 6 rings (SSSR count). The average Bonchev–Trinajstić information content (AvgIpc) is 3.45. The van der Waals surface area contributed by atoms with Crippen LogP contribution in [0, 0.1) is 5.92 Å². The number of aromatic nitrogens is 1. The van der Waals surface area contributed by atoms with E-state index in [4.69, 9.17) is 4.74 Å². The van der Waals surface area contributed by atoms with E-state index in [0.717, 1.165) is 38.0 Å². The van der Waals surface area contributed by atoms with Crippen molar-refractivity contribution < 1.29 is 4.74 Å². The summed E-state index contributed by atoms with van der Waals surface area (Å²) in [7, 11) is 1.77. The second-order valence-electron chi connectivity index (χ2n) is 9.10. The highest BCUT2D eigenvalue weighted by Crippen LogP contribution is 2.50. The lowest BCUT2D eigenvalue weighted by Crippen LogP contribution is -2.58. The maximum Gasteiger partial charge on any atom is 0.119 e. The van der Waals surface area contributed by atoms with E-state index in [1.54, 1.807) is 7.11 Å². The van der Waals surface area contributed by atoms with Gasteiger partial charge in [0.1, 0.15) is 5.75 Å². The van der Waals surface area contributed by atoms with E-state index >= 15 is 0 Å². The summed E-state index contributed by atoms with van der Waals surface area (Å²) < 4.78 is 5.63. The molecule has 3 nitrogen and oxygen atoms in total. The summed E-state index contributed by atoms with van der Waals surface area (Å²) in [6.45, 7) is 1.05. The van der Waals surface area contributed by atoms with Crippen LogP contribution in [0.3, 0.4) is 0 Å². The Morgan fingerprint density at radius 3 is 2.90 bits per heavy atom. The van der Waals surface area contributed by atoms with Gasteiger partial charge in [-0.3, -0.25) is 0 Å². The number of ether oxygens (including phenoxy) is 1. The van der Waals surface area contributed by atoms with Crippen LogP contribution in [-0.4, -0.2) is 24.7 Å². The first-order valence-electron chi connectivity index (χ1n) is 11.3. The van der Waals surface area contributed by atoms with Crippen molar-refractivity contribution in [2.45, 2.75) is 37.1 Å². The average molecular weight is 429 g/mol. The highest BCUT2D eigenvalue weighted by atomic mass is 32.1. The Labute approximate surface area is 187 Å². The molecule has 1 aliphatic heterocycles. The van der Waals surface area contributed by atoms with Gasteiger partial charge >= 0.3 is 0 Å². The van der Waals surface area contributed by atoms with Crippen molar-refractivity contribution in [2.75, 3.05) is 13.7 Å². The number of methoxy groups -OCH3 is 1. The van der Waals surface area contributed by atoms with Crippen LogP contribution in [-0.2, 0) is 24.7 Å². The van der Waals surface area contributed by atoms with Gasteiger partial charge in [0.25, 0.3) is 0 Å². The van der Waals surface area contributed by atoms with Crippen molar-refractivity contribution in [1.82, 2.24) is 10.3 Å². The van der Waals surface area contributed by atoms with Crippen LogP contribution >= 0.6 is 11.3 Å². The molecular formula is C27H28N2OS. The number of hydrogen-bond acceptors (Lipinski definition) is 3. The number of H-pyrrole nitrogens is 1. The second kappa shape index (κ2) is 7.54. The summed E-state index contributed by atoms with van der Waals surface area (Å²) in [6, 6.07) is 22.6. The Kier molecular flexibility index (Phi) is 4.66. The van der Waals surface area contributed by atoms with E-state index in [9.17, 15) is 0 Å². The lowest BCUT2D eigenvalue weighted by Gasteiger charge is -2.52. The van der Waals surface area contributed by atoms with Crippen molar-refractivity contribution in [3.8, 4) is 5.75 Å². The Balaban J connectivity index is 1.50. The third-order valence-corrected chi connectivity index (χ3v) is 8.54. The fourth-order valence-electron chi connectivity index (χ4n) is 6.18. The zero-order chi connectivity index (χ0) is 20.8. The van der Waals surface area contributed by atoms with Crippen LogP contribution in [0.5, 0.6) is 5.75 Å². The minimum absolute atomic E-state index is 0.121. The molecule has 0 amide bonds. The van der Waals surface area contributed by atoms with Crippen molar-refractivity contribution in [3.63, 3.8) is 0 Å². The highest BCUT2D eigenvalue weighted by molar-refractivity contribution is 7.09. The molecule has 2 unspecified atom stereocenters. The second-order valence-corrected chi connectivity index (χ2v) is 10.1. The smallest absolute Gasteiger partial charge is 0.119 e. The van der Waals surface area contributed by atoms with Gasteiger partial charge in [0.15, 0.2) is 0 Å². The van der Waals surface area contributed by atoms with Crippen LogP contribution in [0.1, 0.15) is 28.1 Å². The van der Waals surface area contributed by atoms with Gasteiger partial charge < -0.3 is 15.0 Å². The first kappa shape index (κ1) is 19.1. The SMILES string of the molecule is COc1cccc([C@]23CCNC(Cc4cccs4)C2Cc2c([nH]c4ccccc24)C3)c1. The molecule has 1 saturated heterocycles. The first-order valence-corrected chi connectivity index (χ1v) is 12.1. The number of nitrogens with one attached hydrogen (secondary N) is 2. The predicted octanol–water partition coefficient (Wildman–Crippen LogP) is 5.50. The Morgan fingerprint density at radius 2 is 2.03 bits per heavy atom. The molecule has 4 heteroatoms. The number of hydrogen-bond donors (Lipinski definition) is 2. The summed E-state index contributed by atoms with van der Waals surface area (Å²) in [6.07, 6.45) is 4.43. The highest BCUT2D eigenvalue weighted by Gasteiger charge is 2.50. The molecule has 2 aliphatic rings. The van der Waals surface area contributed by atoms with E-state index in [-0.39, 0.29) is 5.41 Å². The van der Waals surface area contributed by atoms with Crippen molar-refractivity contribution in [1.29, 1.82) is 0 Å². The van der Waals surface area contributed by atoms with Gasteiger partial charge in [-0.1, -0.05) is 36.4 Å². The molecule has 0 bridgehead atoms. The molecule has 2 aromatic heterocycles. The normalized spacial score (nSPS) is 25.2. The number of aromatic amines is 1. The summed E-state index contributed by atoms with van der Waals surface area (Å²) >= 11 is 1.88. The maximum absolute atomic E-state index is 5.63. The molecule has 0 saturated carbocycles. The lowest BCUT2D eigenvalue weighted by atomic mass is 9.56. The Morgan fingerprint density at radius 1 is 1.10 bits per heavy atom. The van der Waals surface area contributed by atoms with E-state index in [1.807, 2.05) is 11.3 Å². The summed E-state index contributed by atoms with van der Waals surface area (Å²) in [5, 5.41) is 7.52. The molecular weight excluding hydrogens is 400 g/mol. The molecule has 1 fully saturated rings. The third kappa shape index (κ3) is 3.12. The molecule has 2 aromatic carbocycles. The lowest BCUT2D eigenvalue weighted by molar-refractivity contribution is 0.130. The quantitative estimate of drug-likeness (QED) is 0.451. The van der Waals surface area contributed by atoms with Gasteiger partial charge in [-0.15, -0.1) is 11.3 Å². The van der Waals surface area contributed by atoms with Crippen molar-refractivity contribution in [2.24, 2.45) is 5.92 Å². The topological polar surface area (TPSA) is 37.0 Å². The number of para-hydroxylation sites is 1. The molecule has 1 aliphatic carbocycles. The van der Waals surface area contributed by atoms with Crippen molar-refractivity contribution in [3.05, 3.63) is 87.7 Å². The van der Waals surface area contributed by atoms with Crippen LogP contribution in [0.4, 0.5) is 0 Å². The van der Waals surface area contributed by atoms with Crippen molar-refractivity contribution >= 4 is 22.2 Å². The third-order valence-electron chi connectivity index (χ3n) is 7.64. The van der Waals surface area contributed by atoms with E-state index in [2.05, 4.69) is 76.3 Å². The number of benzene rings is 2. The zero-order valence-corrected chi connectivity index (χ0v) is 18.7. The molecule has 0 radical (unpaired) electrons. The van der Waals surface area contributed by atoms with Crippen LogP contribution in [0.25, 0.3) is 10.9 Å². The minimum atomic E-state index is 0.121. The van der Waals surface area contributed by atoms with Crippen LogP contribution in [0.15, 0.2) is 66.0 Å². The molecule has 3 atom stereocenters.